The average Bonchev–Trinajstić information content (AvgIpc) is 3.23. The number of para-hydroxylation sites is 1. The number of nitrogens with zero attached hydrogens (tertiary/aromatic N) is 4. The van der Waals surface area contributed by atoms with E-state index in [1.54, 1.807) is 22.6 Å². The summed E-state index contributed by atoms with van der Waals surface area (Å²) in [6, 6.07) is 6.82. The van der Waals surface area contributed by atoms with Gasteiger partial charge in [0.2, 0.25) is 11.7 Å². The number of carbonyl (C=O) groups is 2. The first-order valence-corrected chi connectivity index (χ1v) is 13.2. The smallest absolute Gasteiger partial charge is 0.321 e. The Balaban J connectivity index is 1.16. The first-order chi connectivity index (χ1) is 16.9. The lowest BCUT2D eigenvalue weighted by molar-refractivity contribution is -0.117. The molecule has 35 heavy (non-hydrogen) atoms. The minimum Gasteiger partial charge on any atom is -0.332 e. The number of aromatic nitrogens is 4. The Hall–Kier alpha value is -3.14. The number of hydrogen-bond donors (Lipinski definition) is 2. The van der Waals surface area contributed by atoms with Gasteiger partial charge in [-0.1, -0.05) is 30.0 Å². The normalized spacial score (nSPS) is 26.8. The van der Waals surface area contributed by atoms with Gasteiger partial charge in [-0.2, -0.15) is 0 Å². The van der Waals surface area contributed by atoms with Crippen molar-refractivity contribution in [2.45, 2.75) is 55.8 Å². The summed E-state index contributed by atoms with van der Waals surface area (Å²) in [5.74, 6) is 2.13. The molecule has 2 N–H and O–H groups in total. The molecular weight excluding hydrogens is 464 g/mol. The van der Waals surface area contributed by atoms with Gasteiger partial charge in [0.15, 0.2) is 5.16 Å². The van der Waals surface area contributed by atoms with E-state index in [1.165, 1.54) is 35.6 Å². The zero-order valence-electron chi connectivity index (χ0n) is 19.4. The number of benzene rings is 1. The quantitative estimate of drug-likeness (QED) is 0.404. The summed E-state index contributed by atoms with van der Waals surface area (Å²) in [6.07, 6.45) is 8.59. The summed E-state index contributed by atoms with van der Waals surface area (Å²) in [5, 5.41) is 15.1. The van der Waals surface area contributed by atoms with Crippen LogP contribution in [0, 0.1) is 17.8 Å². The molecule has 0 radical (unpaired) electrons. The third kappa shape index (κ3) is 3.93. The maximum absolute atomic E-state index is 12.9. The Labute approximate surface area is 206 Å². The van der Waals surface area contributed by atoms with E-state index in [0.717, 1.165) is 19.3 Å². The van der Waals surface area contributed by atoms with Crippen molar-refractivity contribution >= 4 is 40.4 Å². The number of amides is 3. The topological polar surface area (TPSA) is 110 Å². The van der Waals surface area contributed by atoms with Gasteiger partial charge >= 0.3 is 6.03 Å². The highest BCUT2D eigenvalue weighted by molar-refractivity contribution is 7.99. The predicted molar refractivity (Wildman–Crippen MR) is 133 cm³/mol. The molecule has 4 aliphatic rings. The summed E-state index contributed by atoms with van der Waals surface area (Å²) >= 11 is 1.18. The van der Waals surface area contributed by atoms with E-state index in [4.69, 9.17) is 0 Å². The Kier molecular flexibility index (Phi) is 5.43. The second-order valence-electron chi connectivity index (χ2n) is 10.3. The molecule has 2 heterocycles. The van der Waals surface area contributed by atoms with Gasteiger partial charge in [-0.25, -0.2) is 4.79 Å². The molecule has 9 nitrogen and oxygen atoms in total. The number of imide groups is 1. The highest BCUT2D eigenvalue weighted by atomic mass is 32.2. The number of carbonyl (C=O) groups excluding carboxylic acids is 2. The molecule has 2 aromatic heterocycles. The summed E-state index contributed by atoms with van der Waals surface area (Å²) in [7, 11) is 0. The number of allylic oxidation sites excluding steroid dienone is 1. The fourth-order valence-corrected chi connectivity index (χ4v) is 7.69. The van der Waals surface area contributed by atoms with Gasteiger partial charge in [-0.3, -0.25) is 23.9 Å². The molecule has 4 fully saturated rings. The third-order valence-corrected chi connectivity index (χ3v) is 8.72. The second-order valence-corrected chi connectivity index (χ2v) is 11.3. The largest absolute Gasteiger partial charge is 0.332 e. The van der Waals surface area contributed by atoms with Crippen molar-refractivity contribution in [2.24, 2.45) is 17.8 Å². The molecule has 0 aliphatic heterocycles. The summed E-state index contributed by atoms with van der Waals surface area (Å²) in [5.41, 5.74) is 0.347. The Bertz CT molecular complexity index is 1370. The van der Waals surface area contributed by atoms with Crippen molar-refractivity contribution in [3.63, 3.8) is 0 Å². The second kappa shape index (κ2) is 8.51. The van der Waals surface area contributed by atoms with Crippen LogP contribution in [0.3, 0.4) is 0 Å². The number of fused-ring (bicyclic) bond motifs is 3. The van der Waals surface area contributed by atoms with Crippen LogP contribution in [0.1, 0.15) is 38.5 Å². The van der Waals surface area contributed by atoms with Crippen molar-refractivity contribution in [3.8, 4) is 0 Å². The molecule has 3 aromatic rings. The van der Waals surface area contributed by atoms with Crippen LogP contribution in [0.2, 0.25) is 0 Å². The van der Waals surface area contributed by atoms with Crippen LogP contribution in [-0.4, -0.2) is 42.4 Å². The number of hydrogen-bond acceptors (Lipinski definition) is 6. The third-order valence-electron chi connectivity index (χ3n) is 7.79. The van der Waals surface area contributed by atoms with Crippen molar-refractivity contribution in [3.05, 3.63) is 47.3 Å². The predicted octanol–water partition coefficient (Wildman–Crippen LogP) is 3.12. The van der Waals surface area contributed by atoms with Crippen LogP contribution in [0.25, 0.3) is 16.7 Å². The van der Waals surface area contributed by atoms with Gasteiger partial charge in [0.25, 0.3) is 5.56 Å². The fourth-order valence-electron chi connectivity index (χ4n) is 6.95. The zero-order chi connectivity index (χ0) is 24.2. The minimum absolute atomic E-state index is 0.00397. The molecule has 3 amide bonds. The maximum atomic E-state index is 12.9. The first-order valence-electron chi connectivity index (χ1n) is 12.2. The van der Waals surface area contributed by atoms with Gasteiger partial charge in [-0.15, -0.1) is 16.8 Å². The summed E-state index contributed by atoms with van der Waals surface area (Å²) < 4.78 is 3.28. The van der Waals surface area contributed by atoms with Crippen molar-refractivity contribution in [2.75, 3.05) is 5.75 Å². The van der Waals surface area contributed by atoms with E-state index in [1.807, 2.05) is 12.1 Å². The molecular formula is C25H28N6O3S. The van der Waals surface area contributed by atoms with Gasteiger partial charge in [-0.05, 0) is 68.4 Å². The number of nitrogens with one attached hydrogen (secondary N) is 2. The van der Waals surface area contributed by atoms with E-state index in [2.05, 4.69) is 27.4 Å². The van der Waals surface area contributed by atoms with Crippen LogP contribution in [0.15, 0.2) is 46.9 Å². The average molecular weight is 493 g/mol. The highest BCUT2D eigenvalue weighted by Crippen LogP contribution is 2.55. The molecule has 4 saturated carbocycles. The molecule has 4 aliphatic carbocycles. The van der Waals surface area contributed by atoms with Crippen molar-refractivity contribution in [1.82, 2.24) is 29.8 Å². The first kappa shape index (κ1) is 22.3. The van der Waals surface area contributed by atoms with Gasteiger partial charge in [0.1, 0.15) is 0 Å². The van der Waals surface area contributed by atoms with E-state index in [9.17, 15) is 14.4 Å². The van der Waals surface area contributed by atoms with Gasteiger partial charge in [0, 0.05) is 12.1 Å². The van der Waals surface area contributed by atoms with Gasteiger partial charge in [0.05, 0.1) is 16.7 Å². The lowest BCUT2D eigenvalue weighted by Crippen LogP contribution is -2.61. The Morgan fingerprint density at radius 1 is 1.11 bits per heavy atom. The van der Waals surface area contributed by atoms with Crippen LogP contribution in [-0.2, 0) is 11.3 Å². The van der Waals surface area contributed by atoms with Crippen LogP contribution >= 0.6 is 11.8 Å². The molecule has 182 valence electrons. The SMILES string of the molecule is C=CCn1c(=O)c2ccccc2n2c(SCC(=O)NC(=O)NC34CC5CC(CC(C5)C3)C4)nnc12. The standard InChI is InChI=1S/C25H28N6O3S/c1-2-7-30-21(33)18-5-3-4-6-19(18)31-23(30)28-29-24(31)35-14-20(32)26-22(34)27-25-11-15-8-16(12-25)10-17(9-15)13-25/h2-6,15-17H,1,7-14H2,(H2,26,27,32,34). The van der Waals surface area contributed by atoms with Crippen molar-refractivity contribution < 1.29 is 9.59 Å². The molecule has 0 spiro atoms. The number of rotatable bonds is 6. The number of urea groups is 1. The lowest BCUT2D eigenvalue weighted by Gasteiger charge is -2.56. The molecule has 10 heteroatoms. The number of thioether (sulfide) groups is 1. The molecule has 7 rings (SSSR count). The van der Waals surface area contributed by atoms with E-state index in [-0.39, 0.29) is 16.9 Å². The van der Waals surface area contributed by atoms with E-state index in [0.29, 0.717) is 46.1 Å². The molecule has 1 aromatic carbocycles. The molecule has 4 bridgehead atoms. The molecule has 0 saturated heterocycles. The Morgan fingerprint density at radius 3 is 2.49 bits per heavy atom. The molecule has 0 atom stereocenters. The Morgan fingerprint density at radius 2 is 1.80 bits per heavy atom. The van der Waals surface area contributed by atoms with E-state index < -0.39 is 11.9 Å². The molecule has 0 unspecified atom stereocenters. The van der Waals surface area contributed by atoms with Gasteiger partial charge < -0.3 is 5.32 Å². The summed E-state index contributed by atoms with van der Waals surface area (Å²) in [4.78, 5) is 38.3. The van der Waals surface area contributed by atoms with Crippen LogP contribution < -0.4 is 16.2 Å². The summed E-state index contributed by atoms with van der Waals surface area (Å²) in [6.45, 7) is 4.02. The lowest BCUT2D eigenvalue weighted by atomic mass is 9.53. The highest BCUT2D eigenvalue weighted by Gasteiger charge is 2.51. The van der Waals surface area contributed by atoms with E-state index >= 15 is 0 Å². The fraction of sp³-hybridized carbons (Fsp3) is 0.480. The minimum atomic E-state index is -0.408. The van der Waals surface area contributed by atoms with Crippen LogP contribution in [0.5, 0.6) is 0 Å². The maximum Gasteiger partial charge on any atom is 0.321 e. The van der Waals surface area contributed by atoms with Crippen molar-refractivity contribution in [1.29, 1.82) is 0 Å². The zero-order valence-corrected chi connectivity index (χ0v) is 20.2. The van der Waals surface area contributed by atoms with Crippen LogP contribution in [0.4, 0.5) is 4.79 Å². The monoisotopic (exact) mass is 492 g/mol.